The molecule has 1 fully saturated rings. The zero-order valence-corrected chi connectivity index (χ0v) is 28.1. The van der Waals surface area contributed by atoms with E-state index in [1.165, 1.54) is 17.0 Å². The minimum Gasteiger partial charge on any atom is -0.352 e. The highest BCUT2D eigenvalue weighted by molar-refractivity contribution is 9.10. The molecule has 0 aliphatic heterocycles. The first-order valence-corrected chi connectivity index (χ1v) is 17.4. The number of aryl methyl sites for hydroxylation is 1. The molecule has 2 amide bonds. The number of hydrogen-bond donors (Lipinski definition) is 1. The first-order chi connectivity index (χ1) is 20.5. The molecule has 1 N–H and O–H groups in total. The number of rotatable bonds is 11. The Morgan fingerprint density at radius 3 is 2.33 bits per heavy atom. The van der Waals surface area contributed by atoms with Gasteiger partial charge in [-0.25, -0.2) is 8.42 Å². The molecule has 43 heavy (non-hydrogen) atoms. The number of benzene rings is 3. The third kappa shape index (κ3) is 8.53. The molecule has 0 heterocycles. The van der Waals surface area contributed by atoms with E-state index in [4.69, 9.17) is 23.2 Å². The number of hydrogen-bond acceptors (Lipinski definition) is 4. The number of halogens is 3. The zero-order valence-electron chi connectivity index (χ0n) is 24.2. The summed E-state index contributed by atoms with van der Waals surface area (Å²) in [5.41, 5.74) is 1.82. The van der Waals surface area contributed by atoms with Crippen LogP contribution >= 0.6 is 39.1 Å². The molecule has 3 aromatic carbocycles. The monoisotopic (exact) mass is 707 g/mol. The van der Waals surface area contributed by atoms with Gasteiger partial charge in [-0.3, -0.25) is 13.9 Å². The lowest BCUT2D eigenvalue weighted by atomic mass is 9.95. The van der Waals surface area contributed by atoms with Crippen molar-refractivity contribution < 1.29 is 18.0 Å². The molecule has 3 aromatic rings. The third-order valence-electron chi connectivity index (χ3n) is 7.68. The van der Waals surface area contributed by atoms with Crippen LogP contribution in [0, 0.1) is 6.92 Å². The van der Waals surface area contributed by atoms with Crippen molar-refractivity contribution in [3.05, 3.63) is 92.4 Å². The molecule has 0 bridgehead atoms. The van der Waals surface area contributed by atoms with Gasteiger partial charge in [0.15, 0.2) is 0 Å². The fourth-order valence-corrected chi connectivity index (χ4v) is 7.56. The summed E-state index contributed by atoms with van der Waals surface area (Å²) in [5.74, 6) is -0.796. The van der Waals surface area contributed by atoms with Crippen molar-refractivity contribution in [3.8, 4) is 0 Å². The Hall–Kier alpha value is -2.59. The van der Waals surface area contributed by atoms with Crippen LogP contribution in [0.5, 0.6) is 0 Å². The van der Waals surface area contributed by atoms with Gasteiger partial charge in [0.25, 0.3) is 10.0 Å². The van der Waals surface area contributed by atoms with Gasteiger partial charge in [0.2, 0.25) is 11.8 Å². The molecule has 1 atom stereocenters. The number of nitrogens with zero attached hydrogens (tertiary/aromatic N) is 2. The van der Waals surface area contributed by atoms with Crippen LogP contribution in [0.3, 0.4) is 0 Å². The topological polar surface area (TPSA) is 86.8 Å². The summed E-state index contributed by atoms with van der Waals surface area (Å²) in [6.07, 6.45) is 5.35. The molecular formula is C32H36BrCl2N3O4S. The summed E-state index contributed by atoms with van der Waals surface area (Å²) in [6, 6.07) is 17.4. The van der Waals surface area contributed by atoms with Gasteiger partial charge in [-0.15, -0.1) is 0 Å². The summed E-state index contributed by atoms with van der Waals surface area (Å²) < 4.78 is 29.8. The Morgan fingerprint density at radius 1 is 1.00 bits per heavy atom. The largest absolute Gasteiger partial charge is 0.352 e. The molecule has 1 saturated carbocycles. The van der Waals surface area contributed by atoms with E-state index in [2.05, 4.69) is 21.2 Å². The molecule has 0 spiro atoms. The van der Waals surface area contributed by atoms with Crippen LogP contribution in [0.15, 0.2) is 76.1 Å². The van der Waals surface area contributed by atoms with Crippen molar-refractivity contribution in [2.24, 2.45) is 0 Å². The highest BCUT2D eigenvalue weighted by atomic mass is 79.9. The summed E-state index contributed by atoms with van der Waals surface area (Å²) >= 11 is 16.1. The Balaban J connectivity index is 1.73. The lowest BCUT2D eigenvalue weighted by molar-refractivity contribution is -0.140. The zero-order chi connectivity index (χ0) is 31.1. The molecule has 0 saturated heterocycles. The number of sulfonamides is 1. The minimum atomic E-state index is -4.16. The smallest absolute Gasteiger partial charge is 0.264 e. The van der Waals surface area contributed by atoms with Gasteiger partial charge >= 0.3 is 0 Å². The Morgan fingerprint density at radius 2 is 1.70 bits per heavy atom. The molecule has 1 aliphatic carbocycles. The summed E-state index contributed by atoms with van der Waals surface area (Å²) in [6.45, 7) is 3.19. The lowest BCUT2D eigenvalue weighted by Gasteiger charge is -2.34. The maximum atomic E-state index is 14.3. The summed E-state index contributed by atoms with van der Waals surface area (Å²) in [5, 5.41) is 3.94. The van der Waals surface area contributed by atoms with Crippen LogP contribution in [0.1, 0.15) is 56.6 Å². The average molecular weight is 710 g/mol. The molecule has 230 valence electrons. The van der Waals surface area contributed by atoms with E-state index < -0.39 is 28.5 Å². The predicted octanol–water partition coefficient (Wildman–Crippen LogP) is 7.52. The van der Waals surface area contributed by atoms with Crippen LogP contribution in [0.25, 0.3) is 0 Å². The van der Waals surface area contributed by atoms with Crippen molar-refractivity contribution >= 4 is 66.7 Å². The molecule has 0 unspecified atom stereocenters. The summed E-state index contributed by atoms with van der Waals surface area (Å²) in [7, 11) is -4.16. The van der Waals surface area contributed by atoms with Crippen LogP contribution in [-0.2, 0) is 26.2 Å². The van der Waals surface area contributed by atoms with E-state index in [0.717, 1.165) is 42.0 Å². The van der Waals surface area contributed by atoms with Gasteiger partial charge in [0, 0.05) is 27.1 Å². The first kappa shape index (κ1) is 33.3. The maximum absolute atomic E-state index is 14.3. The SMILES string of the molecule is CC[C@@H](C(=O)NC1CCCCC1)N(Cc1ccc(Cl)cc1Cl)C(=O)CN(c1cccc(Br)c1)S(=O)(=O)c1ccc(C)cc1. The van der Waals surface area contributed by atoms with Gasteiger partial charge in [-0.2, -0.15) is 0 Å². The van der Waals surface area contributed by atoms with Crippen LogP contribution in [0.4, 0.5) is 5.69 Å². The highest BCUT2D eigenvalue weighted by Gasteiger charge is 2.34. The van der Waals surface area contributed by atoms with E-state index >= 15 is 0 Å². The van der Waals surface area contributed by atoms with Crippen LogP contribution < -0.4 is 9.62 Å². The predicted molar refractivity (Wildman–Crippen MR) is 176 cm³/mol. The first-order valence-electron chi connectivity index (χ1n) is 14.4. The molecular weight excluding hydrogens is 673 g/mol. The number of carbonyl (C=O) groups excluding carboxylic acids is 2. The lowest BCUT2D eigenvalue weighted by Crippen LogP contribution is -2.54. The number of amides is 2. The second-order valence-corrected chi connectivity index (χ2v) is 14.5. The molecule has 7 nitrogen and oxygen atoms in total. The van der Waals surface area contributed by atoms with Gasteiger partial charge in [0.05, 0.1) is 10.6 Å². The Bertz CT molecular complexity index is 1550. The summed E-state index contributed by atoms with van der Waals surface area (Å²) in [4.78, 5) is 29.4. The van der Waals surface area contributed by atoms with Crippen molar-refractivity contribution in [1.29, 1.82) is 0 Å². The normalized spacial score (nSPS) is 14.6. The third-order valence-corrected chi connectivity index (χ3v) is 10.5. The van der Waals surface area contributed by atoms with E-state index in [-0.39, 0.29) is 23.4 Å². The van der Waals surface area contributed by atoms with Crippen molar-refractivity contribution in [2.75, 3.05) is 10.8 Å². The fraction of sp³-hybridized carbons (Fsp3) is 0.375. The molecule has 11 heteroatoms. The maximum Gasteiger partial charge on any atom is 0.264 e. The van der Waals surface area contributed by atoms with E-state index in [1.807, 2.05) is 13.8 Å². The van der Waals surface area contributed by atoms with Gasteiger partial charge in [-0.05, 0) is 74.2 Å². The van der Waals surface area contributed by atoms with Gasteiger partial charge < -0.3 is 10.2 Å². The standard InChI is InChI=1S/C32H36BrCl2N3O4S/c1-3-30(32(40)36-26-9-5-4-6-10-26)37(20-23-14-15-25(34)19-29(23)35)31(39)21-38(27-11-7-8-24(33)18-27)43(41,42)28-16-12-22(2)13-17-28/h7-8,11-19,26,30H,3-6,9-10,20-21H2,1-2H3,(H,36,40)/t30-/m0/s1. The van der Waals surface area contributed by atoms with Gasteiger partial charge in [-0.1, -0.05) is 95.1 Å². The number of nitrogens with one attached hydrogen (secondary N) is 1. The van der Waals surface area contributed by atoms with E-state index in [1.54, 1.807) is 54.6 Å². The van der Waals surface area contributed by atoms with Crippen molar-refractivity contribution in [3.63, 3.8) is 0 Å². The van der Waals surface area contributed by atoms with Crippen molar-refractivity contribution in [1.82, 2.24) is 10.2 Å². The fourth-order valence-electron chi connectivity index (χ4n) is 5.29. The second-order valence-electron chi connectivity index (χ2n) is 10.8. The van der Waals surface area contributed by atoms with E-state index in [9.17, 15) is 18.0 Å². The molecule has 0 aromatic heterocycles. The molecule has 0 radical (unpaired) electrons. The molecule has 4 rings (SSSR count). The number of carbonyl (C=O) groups is 2. The second kappa shape index (κ2) is 14.9. The minimum absolute atomic E-state index is 0.00231. The Labute approximate surface area is 272 Å². The molecule has 1 aliphatic rings. The number of anilines is 1. The average Bonchev–Trinajstić information content (AvgIpc) is 2.97. The van der Waals surface area contributed by atoms with Crippen LogP contribution in [-0.4, -0.2) is 43.8 Å². The quantitative estimate of drug-likeness (QED) is 0.223. The van der Waals surface area contributed by atoms with Crippen LogP contribution in [0.2, 0.25) is 10.0 Å². The highest BCUT2D eigenvalue weighted by Crippen LogP contribution is 2.29. The van der Waals surface area contributed by atoms with Crippen molar-refractivity contribution in [2.45, 2.75) is 75.9 Å². The van der Waals surface area contributed by atoms with Gasteiger partial charge in [0.1, 0.15) is 12.6 Å². The van der Waals surface area contributed by atoms with E-state index in [0.29, 0.717) is 32.2 Å². The Kier molecular flexibility index (Phi) is 11.6.